The summed E-state index contributed by atoms with van der Waals surface area (Å²) in [6.07, 6.45) is -3.25. The lowest BCUT2D eigenvalue weighted by Crippen LogP contribution is -2.16. The quantitative estimate of drug-likeness (QED) is 0.252. The molecule has 0 aliphatic rings. The van der Waals surface area contributed by atoms with Gasteiger partial charge >= 0.3 is 6.18 Å². The first-order valence-corrected chi connectivity index (χ1v) is 11.7. The molecular formula is C24H14Cl3F3N6O. The minimum atomic E-state index is -4.76. The van der Waals surface area contributed by atoms with E-state index in [1.165, 1.54) is 10.9 Å². The normalized spacial score (nSPS) is 11.7. The van der Waals surface area contributed by atoms with Crippen molar-refractivity contribution in [1.82, 2.24) is 24.4 Å². The lowest BCUT2D eigenvalue weighted by atomic mass is 10.1. The second-order valence-corrected chi connectivity index (χ2v) is 9.21. The Hall–Kier alpha value is -3.60. The van der Waals surface area contributed by atoms with E-state index >= 15 is 0 Å². The van der Waals surface area contributed by atoms with Crippen molar-refractivity contribution in [3.8, 4) is 11.3 Å². The van der Waals surface area contributed by atoms with Gasteiger partial charge in [0.05, 0.1) is 12.2 Å². The molecule has 5 rings (SSSR count). The summed E-state index contributed by atoms with van der Waals surface area (Å²) in [6.45, 7) is 0.355. The van der Waals surface area contributed by atoms with Crippen LogP contribution in [-0.4, -0.2) is 30.3 Å². The third-order valence-corrected chi connectivity index (χ3v) is 6.08. The largest absolute Gasteiger partial charge is 0.433 e. The van der Waals surface area contributed by atoms with Crippen LogP contribution in [0, 0.1) is 0 Å². The number of nitrogens with zero attached hydrogens (tertiary/aromatic N) is 5. The maximum absolute atomic E-state index is 13.8. The van der Waals surface area contributed by atoms with Crippen molar-refractivity contribution in [1.29, 1.82) is 0 Å². The molecule has 37 heavy (non-hydrogen) atoms. The van der Waals surface area contributed by atoms with Crippen LogP contribution >= 0.6 is 34.8 Å². The average molecular weight is 566 g/mol. The van der Waals surface area contributed by atoms with Gasteiger partial charge in [0.1, 0.15) is 5.02 Å². The maximum Gasteiger partial charge on any atom is 0.433 e. The van der Waals surface area contributed by atoms with E-state index in [0.717, 1.165) is 17.7 Å². The van der Waals surface area contributed by atoms with E-state index in [-0.39, 0.29) is 27.9 Å². The molecule has 1 amide bonds. The van der Waals surface area contributed by atoms with Crippen molar-refractivity contribution in [3.05, 3.63) is 98.9 Å². The maximum atomic E-state index is 13.8. The van der Waals surface area contributed by atoms with Gasteiger partial charge in [-0.25, -0.2) is 9.50 Å². The van der Waals surface area contributed by atoms with Crippen molar-refractivity contribution in [2.24, 2.45) is 0 Å². The van der Waals surface area contributed by atoms with Crippen molar-refractivity contribution < 1.29 is 18.0 Å². The first-order chi connectivity index (χ1) is 17.6. The van der Waals surface area contributed by atoms with Gasteiger partial charge in [0.15, 0.2) is 22.9 Å². The molecule has 3 aromatic heterocycles. The van der Waals surface area contributed by atoms with Crippen molar-refractivity contribution in [3.63, 3.8) is 0 Å². The molecule has 0 radical (unpaired) electrons. The van der Waals surface area contributed by atoms with Crippen LogP contribution in [0.15, 0.2) is 66.9 Å². The number of alkyl halides is 3. The first-order valence-electron chi connectivity index (χ1n) is 10.6. The molecule has 0 saturated carbocycles. The zero-order valence-corrected chi connectivity index (χ0v) is 20.7. The Morgan fingerprint density at radius 3 is 2.22 bits per heavy atom. The van der Waals surface area contributed by atoms with Crippen LogP contribution in [0.3, 0.4) is 0 Å². The molecule has 0 atom stereocenters. The van der Waals surface area contributed by atoms with Crippen molar-refractivity contribution in [2.75, 3.05) is 5.32 Å². The molecule has 1 N–H and O–H groups in total. The standard InChI is InChI=1S/C24H14Cl3F3N6O/c25-15-5-1-13(2-6-15)11-35-12-17(27)22(34-35)32-23(37)19-10-21-31-18(14-3-7-16(26)8-4-14)9-20(24(28,29)30)36(21)33-19/h1-10,12H,11H2,(H,32,34,37). The monoisotopic (exact) mass is 564 g/mol. The Kier molecular flexibility index (Phi) is 6.57. The highest BCUT2D eigenvalue weighted by Gasteiger charge is 2.35. The summed E-state index contributed by atoms with van der Waals surface area (Å²) in [5, 5.41) is 11.7. The summed E-state index contributed by atoms with van der Waals surface area (Å²) in [5.41, 5.74) is -0.190. The van der Waals surface area contributed by atoms with Crippen LogP contribution in [0.5, 0.6) is 0 Å². The van der Waals surface area contributed by atoms with Crippen LogP contribution < -0.4 is 5.32 Å². The lowest BCUT2D eigenvalue weighted by molar-refractivity contribution is -0.142. The number of fused-ring (bicyclic) bond motifs is 1. The third-order valence-electron chi connectivity index (χ3n) is 5.30. The van der Waals surface area contributed by atoms with Gasteiger partial charge in [-0.05, 0) is 35.9 Å². The number of nitrogens with one attached hydrogen (secondary N) is 1. The van der Waals surface area contributed by atoms with E-state index in [0.29, 0.717) is 26.7 Å². The van der Waals surface area contributed by atoms with E-state index < -0.39 is 17.8 Å². The summed E-state index contributed by atoms with van der Waals surface area (Å²) >= 11 is 18.0. The van der Waals surface area contributed by atoms with Gasteiger partial charge in [-0.2, -0.15) is 23.4 Å². The number of carbonyl (C=O) groups excluding carboxylic acids is 1. The number of hydrogen-bond acceptors (Lipinski definition) is 4. The predicted octanol–water partition coefficient (Wildman–Crippen LogP) is 6.87. The third kappa shape index (κ3) is 5.41. The number of hydrogen-bond donors (Lipinski definition) is 1. The van der Waals surface area contributed by atoms with Crippen molar-refractivity contribution >= 4 is 52.2 Å². The second-order valence-electron chi connectivity index (χ2n) is 7.93. The highest BCUT2D eigenvalue weighted by Crippen LogP contribution is 2.33. The zero-order chi connectivity index (χ0) is 26.3. The summed E-state index contributed by atoms with van der Waals surface area (Å²) in [5.74, 6) is -0.770. The summed E-state index contributed by atoms with van der Waals surface area (Å²) in [7, 11) is 0. The van der Waals surface area contributed by atoms with Gasteiger partial charge in [-0.3, -0.25) is 9.48 Å². The lowest BCUT2D eigenvalue weighted by Gasteiger charge is -2.11. The summed E-state index contributed by atoms with van der Waals surface area (Å²) in [4.78, 5) is 17.1. The highest BCUT2D eigenvalue weighted by atomic mass is 35.5. The molecule has 188 valence electrons. The SMILES string of the molecule is O=C(Nc1nn(Cc2ccc(Cl)cc2)cc1Cl)c1cc2nc(-c3ccc(Cl)cc3)cc(C(F)(F)F)n2n1. The van der Waals surface area contributed by atoms with Crippen LogP contribution in [0.2, 0.25) is 15.1 Å². The van der Waals surface area contributed by atoms with Gasteiger partial charge < -0.3 is 5.32 Å². The molecule has 13 heteroatoms. The predicted molar refractivity (Wildman–Crippen MR) is 134 cm³/mol. The Balaban J connectivity index is 1.44. The average Bonchev–Trinajstić information content (AvgIpc) is 3.43. The fourth-order valence-electron chi connectivity index (χ4n) is 3.57. The van der Waals surface area contributed by atoms with Crippen LogP contribution in [0.1, 0.15) is 21.7 Å². The van der Waals surface area contributed by atoms with Gasteiger partial charge in [0.2, 0.25) is 0 Å². The van der Waals surface area contributed by atoms with E-state index in [9.17, 15) is 18.0 Å². The number of anilines is 1. The number of aromatic nitrogens is 5. The number of benzene rings is 2. The minimum Gasteiger partial charge on any atom is -0.302 e. The molecule has 0 saturated heterocycles. The number of amides is 1. The van der Waals surface area contributed by atoms with Crippen LogP contribution in [0.25, 0.3) is 16.9 Å². The summed E-state index contributed by atoms with van der Waals surface area (Å²) < 4.78 is 43.6. The zero-order valence-electron chi connectivity index (χ0n) is 18.5. The van der Waals surface area contributed by atoms with E-state index in [2.05, 4.69) is 20.5 Å². The van der Waals surface area contributed by atoms with Gasteiger partial charge in [-0.15, -0.1) is 0 Å². The Labute approximate surface area is 222 Å². The molecule has 0 spiro atoms. The molecule has 2 aromatic carbocycles. The van der Waals surface area contributed by atoms with Crippen LogP contribution in [-0.2, 0) is 12.7 Å². The van der Waals surface area contributed by atoms with Gasteiger partial charge in [-0.1, -0.05) is 59.1 Å². The molecule has 7 nitrogen and oxygen atoms in total. The van der Waals surface area contributed by atoms with Gasteiger partial charge in [0.25, 0.3) is 5.91 Å². The smallest absolute Gasteiger partial charge is 0.302 e. The molecule has 0 bridgehead atoms. The molecule has 0 aliphatic heterocycles. The molecular weight excluding hydrogens is 552 g/mol. The fraction of sp³-hybridized carbons (Fsp3) is 0.0833. The molecule has 0 aliphatic carbocycles. The topological polar surface area (TPSA) is 77.1 Å². The Morgan fingerprint density at radius 1 is 0.919 bits per heavy atom. The number of rotatable bonds is 5. The molecule has 5 aromatic rings. The van der Waals surface area contributed by atoms with E-state index in [1.54, 1.807) is 36.4 Å². The molecule has 3 heterocycles. The minimum absolute atomic E-state index is 0.0311. The van der Waals surface area contributed by atoms with Gasteiger partial charge in [0, 0.05) is 27.9 Å². The van der Waals surface area contributed by atoms with Crippen LogP contribution in [0.4, 0.5) is 19.0 Å². The molecule has 0 fully saturated rings. The Morgan fingerprint density at radius 2 is 1.57 bits per heavy atom. The summed E-state index contributed by atoms with van der Waals surface area (Å²) in [6, 6.07) is 15.3. The second kappa shape index (κ2) is 9.70. The van der Waals surface area contributed by atoms with Crippen molar-refractivity contribution in [2.45, 2.75) is 12.7 Å². The number of carbonyl (C=O) groups is 1. The highest BCUT2D eigenvalue weighted by molar-refractivity contribution is 6.33. The Bertz CT molecular complexity index is 1610. The number of halogens is 6. The molecule has 0 unspecified atom stereocenters. The van der Waals surface area contributed by atoms with E-state index in [4.69, 9.17) is 34.8 Å². The first kappa shape index (κ1) is 25.1. The van der Waals surface area contributed by atoms with E-state index in [1.807, 2.05) is 12.1 Å². The fourth-order valence-corrected chi connectivity index (χ4v) is 4.02.